The molecule has 1 aliphatic carbocycles. The predicted octanol–water partition coefficient (Wildman–Crippen LogP) is 6.02. The highest BCUT2D eigenvalue weighted by Gasteiger charge is 2.36. The lowest BCUT2D eigenvalue weighted by atomic mass is 9.91. The Morgan fingerprint density at radius 1 is 0.957 bits per heavy atom. The summed E-state index contributed by atoms with van der Waals surface area (Å²) in [5.74, 6) is -0.244. The Balaban J connectivity index is 0.00000600. The molecule has 0 unspecified atom stereocenters. The van der Waals surface area contributed by atoms with Gasteiger partial charge in [0.15, 0.2) is 13.1 Å². The van der Waals surface area contributed by atoms with Gasteiger partial charge in [0.2, 0.25) is 5.91 Å². The zero-order chi connectivity index (χ0) is 34.9. The van der Waals surface area contributed by atoms with Crippen LogP contribution in [-0.4, -0.2) is 90.3 Å². The molecule has 2 aliphatic heterocycles. The molecule has 2 N–H and O–H groups in total. The van der Waals surface area contributed by atoms with Gasteiger partial charge in [0.25, 0.3) is 17.7 Å². The van der Waals surface area contributed by atoms with Crippen molar-refractivity contribution in [2.24, 2.45) is 5.41 Å². The Bertz CT molecular complexity index is 1360. The Morgan fingerprint density at radius 3 is 2.09 bits per heavy atom. The summed E-state index contributed by atoms with van der Waals surface area (Å²) in [6, 6.07) is 0. The van der Waals surface area contributed by atoms with Crippen LogP contribution in [0, 0.1) is 5.41 Å². The van der Waals surface area contributed by atoms with Crippen molar-refractivity contribution < 1.29 is 26.5 Å². The molecule has 9 heteroatoms. The molecule has 0 radical (unpaired) electrons. The summed E-state index contributed by atoms with van der Waals surface area (Å²) in [5, 5.41) is 6.29. The number of quaternary nitrogens is 1. The Morgan fingerprint density at radius 2 is 1.53 bits per heavy atom. The fourth-order valence-electron chi connectivity index (χ4n) is 6.75. The minimum Gasteiger partial charge on any atom is -0.339 e. The molecule has 47 heavy (non-hydrogen) atoms. The van der Waals surface area contributed by atoms with E-state index in [0.29, 0.717) is 54.8 Å². The van der Waals surface area contributed by atoms with Crippen molar-refractivity contribution in [3.8, 4) is 0 Å². The normalized spacial score (nSPS) is 19.5. The topological polar surface area (TPSA) is 98.8 Å². The molecule has 0 bridgehead atoms. The molecule has 9 nitrogen and oxygen atoms in total. The maximum Gasteiger partial charge on any atom is 0.279 e. The van der Waals surface area contributed by atoms with Gasteiger partial charge in [-0.05, 0) is 88.4 Å². The first-order chi connectivity index (χ1) is 22.1. The third-order valence-corrected chi connectivity index (χ3v) is 9.83. The van der Waals surface area contributed by atoms with Crippen molar-refractivity contribution in [1.29, 1.82) is 0 Å². The standard InChI is InChI=1S/C38H59N5O4.2H2/c1-10-27(3)30(6)35(28(4)11-2)39-32(44)25-43(22-14-12-13-15-23-43)26-33(45)40-36-29(5)16-17-31(36)37(47)42-20-18-41(19-21-42)34(46)24-38(7,8)9;;/h11,16H,3,10,12-15,17-26H2,1-2,4-9H3,(H-,39,40,44,45,47);2*1H/p+1/b28-11-,35-30-;;. The summed E-state index contributed by atoms with van der Waals surface area (Å²) in [6.07, 6.45) is 9.80. The molecule has 264 valence electrons. The number of amides is 4. The lowest BCUT2D eigenvalue weighted by molar-refractivity contribution is -0.912. The van der Waals surface area contributed by atoms with E-state index in [1.54, 1.807) is 4.90 Å². The number of nitrogens with one attached hydrogen (secondary N) is 2. The van der Waals surface area contributed by atoms with Gasteiger partial charge in [0.1, 0.15) is 0 Å². The highest BCUT2D eigenvalue weighted by molar-refractivity contribution is 5.97. The summed E-state index contributed by atoms with van der Waals surface area (Å²) in [4.78, 5) is 57.5. The van der Waals surface area contributed by atoms with E-state index in [4.69, 9.17) is 0 Å². The van der Waals surface area contributed by atoms with E-state index in [0.717, 1.165) is 73.2 Å². The van der Waals surface area contributed by atoms with Crippen molar-refractivity contribution in [3.05, 3.63) is 58.0 Å². The molecule has 0 aromatic rings. The van der Waals surface area contributed by atoms with Gasteiger partial charge in [-0.15, -0.1) is 0 Å². The fraction of sp³-hybridized carbons (Fsp3) is 0.632. The van der Waals surface area contributed by atoms with Crippen LogP contribution in [0.3, 0.4) is 0 Å². The maximum absolute atomic E-state index is 13.8. The first-order valence-electron chi connectivity index (χ1n) is 17.5. The molecule has 3 rings (SSSR count). The minimum absolute atomic E-state index is 0. The van der Waals surface area contributed by atoms with E-state index in [9.17, 15) is 19.2 Å². The molecular formula is C38H64N5O4+. The quantitative estimate of drug-likeness (QED) is 0.210. The van der Waals surface area contributed by atoms with E-state index in [1.165, 1.54) is 0 Å². The van der Waals surface area contributed by atoms with Crippen molar-refractivity contribution in [2.45, 2.75) is 100 Å². The Labute approximate surface area is 286 Å². The van der Waals surface area contributed by atoms with Crippen LogP contribution in [0.4, 0.5) is 0 Å². The van der Waals surface area contributed by atoms with E-state index >= 15 is 0 Å². The van der Waals surface area contributed by atoms with Gasteiger partial charge in [-0.25, -0.2) is 0 Å². The summed E-state index contributed by atoms with van der Waals surface area (Å²) < 4.78 is 0.386. The fourth-order valence-corrected chi connectivity index (χ4v) is 6.75. The molecule has 0 aromatic carbocycles. The van der Waals surface area contributed by atoms with Crippen LogP contribution in [0.2, 0.25) is 0 Å². The van der Waals surface area contributed by atoms with Gasteiger partial charge >= 0.3 is 0 Å². The van der Waals surface area contributed by atoms with Crippen molar-refractivity contribution in [3.63, 3.8) is 0 Å². The second-order valence-electron chi connectivity index (χ2n) is 14.9. The maximum atomic E-state index is 13.8. The van der Waals surface area contributed by atoms with E-state index in [-0.39, 0.29) is 45.0 Å². The van der Waals surface area contributed by atoms with Gasteiger partial charge in [-0.3, -0.25) is 19.2 Å². The zero-order valence-corrected chi connectivity index (χ0v) is 30.4. The first kappa shape index (κ1) is 38.0. The van der Waals surface area contributed by atoms with Crippen LogP contribution in [0.25, 0.3) is 0 Å². The lowest BCUT2D eigenvalue weighted by Crippen LogP contribution is -2.58. The number of carbonyl (C=O) groups excluding carboxylic acids is 4. The third-order valence-electron chi connectivity index (χ3n) is 9.83. The second kappa shape index (κ2) is 16.6. The smallest absolute Gasteiger partial charge is 0.279 e. The highest BCUT2D eigenvalue weighted by atomic mass is 16.2. The average molecular weight is 655 g/mol. The van der Waals surface area contributed by atoms with Crippen LogP contribution < -0.4 is 10.6 Å². The van der Waals surface area contributed by atoms with Crippen molar-refractivity contribution in [1.82, 2.24) is 20.4 Å². The van der Waals surface area contributed by atoms with Gasteiger partial charge in [0, 0.05) is 46.7 Å². The molecule has 2 heterocycles. The predicted molar refractivity (Wildman–Crippen MR) is 193 cm³/mol. The molecule has 3 aliphatic rings. The van der Waals surface area contributed by atoms with E-state index < -0.39 is 0 Å². The number of carbonyl (C=O) groups is 4. The number of hydrogen-bond acceptors (Lipinski definition) is 4. The number of hydrogen-bond donors (Lipinski definition) is 2. The molecule has 2 fully saturated rings. The van der Waals surface area contributed by atoms with E-state index in [2.05, 4.69) is 44.9 Å². The first-order valence-corrected chi connectivity index (χ1v) is 17.5. The zero-order valence-electron chi connectivity index (χ0n) is 30.4. The molecule has 2 saturated heterocycles. The summed E-state index contributed by atoms with van der Waals surface area (Å²) in [7, 11) is 0. The molecule has 0 spiro atoms. The van der Waals surface area contributed by atoms with Crippen LogP contribution in [0.1, 0.15) is 103 Å². The summed E-state index contributed by atoms with van der Waals surface area (Å²) in [6.45, 7) is 24.1. The monoisotopic (exact) mass is 654 g/mol. The highest BCUT2D eigenvalue weighted by Crippen LogP contribution is 2.28. The Hall–Kier alpha value is -3.46. The number of nitrogens with zero attached hydrogens (tertiary/aromatic N) is 3. The molecule has 0 aromatic heterocycles. The third kappa shape index (κ3) is 10.5. The van der Waals surface area contributed by atoms with E-state index in [1.807, 2.05) is 44.7 Å². The number of likely N-dealkylation sites (tertiary alicyclic amines) is 1. The van der Waals surface area contributed by atoms with Crippen LogP contribution >= 0.6 is 0 Å². The number of rotatable bonds is 11. The minimum atomic E-state index is -0.178. The van der Waals surface area contributed by atoms with Gasteiger partial charge in [-0.1, -0.05) is 52.0 Å². The lowest BCUT2D eigenvalue weighted by Gasteiger charge is -2.37. The number of piperazine rings is 1. The molecular weight excluding hydrogens is 590 g/mol. The van der Waals surface area contributed by atoms with Crippen LogP contribution in [0.15, 0.2) is 58.0 Å². The van der Waals surface area contributed by atoms with Gasteiger partial charge in [0.05, 0.1) is 18.8 Å². The average Bonchev–Trinajstić information content (AvgIpc) is 3.22. The largest absolute Gasteiger partial charge is 0.339 e. The molecule has 0 saturated carbocycles. The van der Waals surface area contributed by atoms with Crippen molar-refractivity contribution >= 4 is 23.6 Å². The molecule has 0 atom stereocenters. The second-order valence-corrected chi connectivity index (χ2v) is 14.9. The van der Waals surface area contributed by atoms with Crippen LogP contribution in [0.5, 0.6) is 0 Å². The SMILES string of the molecule is C=C(CC)/C(C)=C(NC(=O)C[N+]1(CC(=O)NC2=C(C(=O)N3CCN(C(=O)CC(C)(C)C)CC3)CC=C2C)CCCCCC1)/C(C)=C\C.[HH].[HH]. The van der Waals surface area contributed by atoms with Gasteiger partial charge < -0.3 is 24.9 Å². The number of allylic oxidation sites excluding steroid dienone is 6. The Kier molecular flexibility index (Phi) is 13.4. The summed E-state index contributed by atoms with van der Waals surface area (Å²) in [5.41, 5.74) is 5.71. The molecule has 4 amide bonds. The van der Waals surface area contributed by atoms with Crippen molar-refractivity contribution in [2.75, 3.05) is 52.4 Å². The van der Waals surface area contributed by atoms with Gasteiger partial charge in [-0.2, -0.15) is 0 Å². The van der Waals surface area contributed by atoms with Crippen LogP contribution in [-0.2, 0) is 19.2 Å². The summed E-state index contributed by atoms with van der Waals surface area (Å²) >= 11 is 0.